The zero-order valence-corrected chi connectivity index (χ0v) is 8.16. The maximum Gasteiger partial charge on any atom is 0.336 e. The van der Waals surface area contributed by atoms with Gasteiger partial charge in [-0.25, -0.2) is 4.79 Å². The largest absolute Gasteiger partial charge is 0.479 e. The molecule has 1 rings (SSSR count). The molecule has 5 nitrogen and oxygen atoms in total. The van der Waals surface area contributed by atoms with Crippen molar-refractivity contribution in [1.82, 2.24) is 15.1 Å². The summed E-state index contributed by atoms with van der Waals surface area (Å²) in [6.45, 7) is 3.30. The molecule has 1 unspecified atom stereocenters. The van der Waals surface area contributed by atoms with Crippen molar-refractivity contribution in [3.63, 3.8) is 0 Å². The maximum atomic E-state index is 10.9. The predicted molar refractivity (Wildman–Crippen MR) is 49.6 cm³/mol. The lowest BCUT2D eigenvalue weighted by atomic mass is 10.4. The number of rotatable bonds is 4. The van der Waals surface area contributed by atoms with Crippen molar-refractivity contribution in [2.75, 3.05) is 40.3 Å². The Morgan fingerprint density at radius 1 is 1.62 bits per heavy atom. The Bertz CT molecular complexity index is 186. The minimum absolute atomic E-state index is 0.437. The number of aliphatic carboxylic acids is 1. The molecule has 1 atom stereocenters. The van der Waals surface area contributed by atoms with E-state index in [9.17, 15) is 4.79 Å². The minimum atomic E-state index is -0.754. The highest BCUT2D eigenvalue weighted by Crippen LogP contribution is 2.11. The average Bonchev–Trinajstić information content (AvgIpc) is 2.43. The Labute approximate surface area is 78.3 Å². The monoisotopic (exact) mass is 187 g/mol. The van der Waals surface area contributed by atoms with Crippen molar-refractivity contribution in [3.8, 4) is 0 Å². The van der Waals surface area contributed by atoms with E-state index in [1.54, 1.807) is 0 Å². The van der Waals surface area contributed by atoms with E-state index in [0.717, 1.165) is 26.2 Å². The number of likely N-dealkylation sites (N-methyl/N-ethyl adjacent to an activating group) is 2. The third kappa shape index (κ3) is 2.40. The topological polar surface area (TPSA) is 55.8 Å². The molecule has 1 heterocycles. The van der Waals surface area contributed by atoms with E-state index in [1.165, 1.54) is 0 Å². The van der Waals surface area contributed by atoms with E-state index in [-0.39, 0.29) is 0 Å². The molecule has 0 bridgehead atoms. The third-order valence-corrected chi connectivity index (χ3v) is 2.37. The molecule has 0 aromatic carbocycles. The summed E-state index contributed by atoms with van der Waals surface area (Å²) < 4.78 is 0. The SMILES string of the molecule is CNCCN1CCN(C)C1C(=O)O. The van der Waals surface area contributed by atoms with Gasteiger partial charge in [0.2, 0.25) is 0 Å². The molecule has 1 aliphatic heterocycles. The van der Waals surface area contributed by atoms with Gasteiger partial charge in [0.1, 0.15) is 0 Å². The number of carboxylic acid groups (broad SMARTS) is 1. The summed E-state index contributed by atoms with van der Waals surface area (Å²) >= 11 is 0. The molecule has 1 fully saturated rings. The molecule has 0 aliphatic carbocycles. The molecule has 0 amide bonds. The van der Waals surface area contributed by atoms with Crippen molar-refractivity contribution in [1.29, 1.82) is 0 Å². The first kappa shape index (κ1) is 10.4. The number of hydrogen-bond donors (Lipinski definition) is 2. The van der Waals surface area contributed by atoms with E-state index in [0.29, 0.717) is 0 Å². The Hall–Kier alpha value is -0.650. The fraction of sp³-hybridized carbons (Fsp3) is 0.875. The van der Waals surface area contributed by atoms with E-state index in [4.69, 9.17) is 5.11 Å². The van der Waals surface area contributed by atoms with Gasteiger partial charge in [0.15, 0.2) is 6.17 Å². The van der Waals surface area contributed by atoms with E-state index >= 15 is 0 Å². The van der Waals surface area contributed by atoms with Gasteiger partial charge in [0.25, 0.3) is 0 Å². The maximum absolute atomic E-state index is 10.9. The summed E-state index contributed by atoms with van der Waals surface area (Å²) in [5, 5.41) is 12.0. The van der Waals surface area contributed by atoms with Crippen molar-refractivity contribution < 1.29 is 9.90 Å². The zero-order chi connectivity index (χ0) is 9.84. The molecular weight excluding hydrogens is 170 g/mol. The van der Waals surface area contributed by atoms with Gasteiger partial charge in [-0.3, -0.25) is 9.80 Å². The van der Waals surface area contributed by atoms with Crippen LogP contribution >= 0.6 is 0 Å². The Morgan fingerprint density at radius 3 is 2.85 bits per heavy atom. The van der Waals surface area contributed by atoms with Gasteiger partial charge in [0.05, 0.1) is 0 Å². The quantitative estimate of drug-likeness (QED) is 0.583. The first-order valence-corrected chi connectivity index (χ1v) is 4.48. The summed E-state index contributed by atoms with van der Waals surface area (Å²) in [6.07, 6.45) is -0.437. The predicted octanol–water partition coefficient (Wildman–Crippen LogP) is -1.14. The van der Waals surface area contributed by atoms with Crippen LogP contribution in [0.25, 0.3) is 0 Å². The van der Waals surface area contributed by atoms with Crippen LogP contribution in [0.2, 0.25) is 0 Å². The summed E-state index contributed by atoms with van der Waals surface area (Å²) in [4.78, 5) is 14.7. The molecule has 0 spiro atoms. The number of nitrogens with zero attached hydrogens (tertiary/aromatic N) is 2. The zero-order valence-electron chi connectivity index (χ0n) is 8.16. The molecule has 5 heteroatoms. The average molecular weight is 187 g/mol. The van der Waals surface area contributed by atoms with Crippen molar-refractivity contribution in [3.05, 3.63) is 0 Å². The second-order valence-corrected chi connectivity index (χ2v) is 3.33. The van der Waals surface area contributed by atoms with Crippen LogP contribution in [0.15, 0.2) is 0 Å². The lowest BCUT2D eigenvalue weighted by Gasteiger charge is -2.23. The first-order chi connectivity index (χ1) is 6.16. The second-order valence-electron chi connectivity index (χ2n) is 3.33. The highest BCUT2D eigenvalue weighted by atomic mass is 16.4. The summed E-state index contributed by atoms with van der Waals surface area (Å²) in [5.74, 6) is -0.754. The highest BCUT2D eigenvalue weighted by molar-refractivity contribution is 5.73. The second kappa shape index (κ2) is 4.55. The summed E-state index contributed by atoms with van der Waals surface area (Å²) in [5.41, 5.74) is 0. The number of nitrogens with one attached hydrogen (secondary N) is 1. The lowest BCUT2D eigenvalue weighted by Crippen LogP contribution is -2.45. The fourth-order valence-corrected chi connectivity index (χ4v) is 1.64. The Morgan fingerprint density at radius 2 is 2.31 bits per heavy atom. The van der Waals surface area contributed by atoms with Gasteiger partial charge >= 0.3 is 5.97 Å². The van der Waals surface area contributed by atoms with E-state index in [1.807, 2.05) is 23.9 Å². The highest BCUT2D eigenvalue weighted by Gasteiger charge is 2.34. The smallest absolute Gasteiger partial charge is 0.336 e. The van der Waals surface area contributed by atoms with Crippen LogP contribution in [0.5, 0.6) is 0 Å². The van der Waals surface area contributed by atoms with Gasteiger partial charge in [-0.05, 0) is 14.1 Å². The van der Waals surface area contributed by atoms with Gasteiger partial charge < -0.3 is 10.4 Å². The molecule has 0 saturated carbocycles. The van der Waals surface area contributed by atoms with Crippen molar-refractivity contribution in [2.45, 2.75) is 6.17 Å². The van der Waals surface area contributed by atoms with E-state index < -0.39 is 12.1 Å². The standard InChI is InChI=1S/C8H17N3O2/c1-9-3-4-11-6-5-10(2)7(11)8(12)13/h7,9H,3-6H2,1-2H3,(H,12,13). The molecule has 76 valence electrons. The van der Waals surface area contributed by atoms with Crippen LogP contribution in [0, 0.1) is 0 Å². The van der Waals surface area contributed by atoms with Crippen LogP contribution in [0.4, 0.5) is 0 Å². The van der Waals surface area contributed by atoms with Gasteiger partial charge in [-0.2, -0.15) is 0 Å². The minimum Gasteiger partial charge on any atom is -0.479 e. The summed E-state index contributed by atoms with van der Waals surface area (Å²) in [6, 6.07) is 0. The van der Waals surface area contributed by atoms with Gasteiger partial charge in [-0.15, -0.1) is 0 Å². The molecule has 1 aliphatic rings. The molecule has 0 aromatic rings. The Balaban J connectivity index is 2.49. The van der Waals surface area contributed by atoms with Crippen LogP contribution in [0.1, 0.15) is 0 Å². The van der Waals surface area contributed by atoms with Gasteiger partial charge in [0, 0.05) is 26.2 Å². The molecule has 0 radical (unpaired) electrons. The molecule has 2 N–H and O–H groups in total. The normalized spacial score (nSPS) is 25.2. The van der Waals surface area contributed by atoms with Crippen molar-refractivity contribution in [2.24, 2.45) is 0 Å². The first-order valence-electron chi connectivity index (χ1n) is 4.48. The number of carbonyl (C=O) groups is 1. The molecule has 1 saturated heterocycles. The van der Waals surface area contributed by atoms with Crippen LogP contribution in [-0.2, 0) is 4.79 Å². The molecule has 0 aromatic heterocycles. The molecule has 13 heavy (non-hydrogen) atoms. The third-order valence-electron chi connectivity index (χ3n) is 2.37. The number of hydrogen-bond acceptors (Lipinski definition) is 4. The molecular formula is C8H17N3O2. The van der Waals surface area contributed by atoms with Crippen LogP contribution in [0.3, 0.4) is 0 Å². The summed E-state index contributed by atoms with van der Waals surface area (Å²) in [7, 11) is 3.72. The van der Waals surface area contributed by atoms with Crippen LogP contribution in [-0.4, -0.2) is 67.3 Å². The van der Waals surface area contributed by atoms with E-state index in [2.05, 4.69) is 5.32 Å². The van der Waals surface area contributed by atoms with Crippen LogP contribution < -0.4 is 5.32 Å². The number of carboxylic acids is 1. The lowest BCUT2D eigenvalue weighted by molar-refractivity contribution is -0.146. The van der Waals surface area contributed by atoms with Gasteiger partial charge in [-0.1, -0.05) is 0 Å². The Kier molecular flexibility index (Phi) is 3.65. The fourth-order valence-electron chi connectivity index (χ4n) is 1.64. The van der Waals surface area contributed by atoms with Crippen molar-refractivity contribution >= 4 is 5.97 Å².